The molecule has 1 aliphatic rings. The average Bonchev–Trinajstić information content (AvgIpc) is 2.65. The fourth-order valence-electron chi connectivity index (χ4n) is 2.47. The van der Waals surface area contributed by atoms with Crippen molar-refractivity contribution in [1.82, 2.24) is 10.2 Å². The Morgan fingerprint density at radius 3 is 2.71 bits per heavy atom. The Balaban J connectivity index is 2.71. The molecule has 0 aromatic carbocycles. The van der Waals surface area contributed by atoms with E-state index < -0.39 is 23.6 Å². The minimum Gasteiger partial charge on any atom is -0.391 e. The van der Waals surface area contributed by atoms with E-state index in [9.17, 15) is 14.7 Å². The molecule has 1 saturated heterocycles. The van der Waals surface area contributed by atoms with Gasteiger partial charge in [0.25, 0.3) is 0 Å². The smallest absolute Gasteiger partial charge is 0.237 e. The zero-order chi connectivity index (χ0) is 13.1. The monoisotopic (exact) mass is 243 g/mol. The molecule has 1 amide bonds. The maximum atomic E-state index is 11.3. The van der Waals surface area contributed by atoms with Crippen molar-refractivity contribution in [3.8, 4) is 0 Å². The Bertz CT molecular complexity index is 288. The van der Waals surface area contributed by atoms with Crippen molar-refractivity contribution in [2.24, 2.45) is 5.73 Å². The number of hydrogen-bond donors (Lipinski definition) is 3. The molecule has 0 aromatic rings. The first kappa shape index (κ1) is 14.1. The van der Waals surface area contributed by atoms with Gasteiger partial charge in [-0.15, -0.1) is 0 Å². The number of aldehydes is 1. The molecular weight excluding hydrogens is 222 g/mol. The van der Waals surface area contributed by atoms with Crippen LogP contribution < -0.4 is 11.1 Å². The zero-order valence-corrected chi connectivity index (χ0v) is 10.3. The van der Waals surface area contributed by atoms with Gasteiger partial charge in [-0.1, -0.05) is 0 Å². The van der Waals surface area contributed by atoms with Crippen LogP contribution in [0.1, 0.15) is 19.8 Å². The summed E-state index contributed by atoms with van der Waals surface area (Å²) in [5.74, 6) is -0.582. The maximum absolute atomic E-state index is 11.3. The van der Waals surface area contributed by atoms with Gasteiger partial charge in [0.2, 0.25) is 5.91 Å². The highest BCUT2D eigenvalue weighted by atomic mass is 16.3. The Labute approximate surface area is 101 Å². The second-order valence-corrected chi connectivity index (χ2v) is 4.81. The number of aliphatic hydroxyl groups excluding tert-OH is 1. The number of carbonyl (C=O) groups excluding carboxylic acids is 2. The van der Waals surface area contributed by atoms with Crippen molar-refractivity contribution in [1.29, 1.82) is 0 Å². The van der Waals surface area contributed by atoms with Crippen molar-refractivity contribution in [2.75, 3.05) is 20.1 Å². The molecule has 0 aromatic heterocycles. The van der Waals surface area contributed by atoms with E-state index in [0.29, 0.717) is 6.54 Å². The van der Waals surface area contributed by atoms with Gasteiger partial charge < -0.3 is 21.0 Å². The van der Waals surface area contributed by atoms with E-state index in [2.05, 4.69) is 5.32 Å². The number of likely N-dealkylation sites (N-methyl/N-ethyl adjacent to an activating group) is 1. The van der Waals surface area contributed by atoms with Crippen LogP contribution in [0.2, 0.25) is 0 Å². The first-order chi connectivity index (χ1) is 7.92. The van der Waals surface area contributed by atoms with Crippen molar-refractivity contribution in [3.63, 3.8) is 0 Å². The highest BCUT2D eigenvalue weighted by Crippen LogP contribution is 2.19. The first-order valence-electron chi connectivity index (χ1n) is 5.81. The van der Waals surface area contributed by atoms with E-state index in [0.717, 1.165) is 25.7 Å². The summed E-state index contributed by atoms with van der Waals surface area (Å²) in [4.78, 5) is 24.1. The second kappa shape index (κ2) is 5.57. The van der Waals surface area contributed by atoms with Crippen LogP contribution in [0.4, 0.5) is 0 Å². The third-order valence-corrected chi connectivity index (χ3v) is 3.26. The van der Waals surface area contributed by atoms with Crippen molar-refractivity contribution >= 4 is 12.2 Å². The molecule has 0 spiro atoms. The highest BCUT2D eigenvalue weighted by molar-refractivity contribution is 5.80. The van der Waals surface area contributed by atoms with Gasteiger partial charge in [-0.2, -0.15) is 0 Å². The number of nitrogens with one attached hydrogen (secondary N) is 1. The molecule has 6 heteroatoms. The van der Waals surface area contributed by atoms with Crippen LogP contribution in [0.15, 0.2) is 0 Å². The third-order valence-electron chi connectivity index (χ3n) is 3.26. The van der Waals surface area contributed by atoms with Crippen LogP contribution in [0, 0.1) is 0 Å². The lowest BCUT2D eigenvalue weighted by Crippen LogP contribution is -2.57. The molecule has 0 bridgehead atoms. The van der Waals surface area contributed by atoms with Gasteiger partial charge in [0.15, 0.2) is 0 Å². The summed E-state index contributed by atoms with van der Waals surface area (Å²) in [5, 5.41) is 12.7. The van der Waals surface area contributed by atoms with Crippen molar-refractivity contribution in [3.05, 3.63) is 0 Å². The molecule has 6 nitrogen and oxygen atoms in total. The summed E-state index contributed by atoms with van der Waals surface area (Å²) >= 11 is 0. The van der Waals surface area contributed by atoms with Crippen LogP contribution in [0.3, 0.4) is 0 Å². The van der Waals surface area contributed by atoms with Gasteiger partial charge in [-0.05, 0) is 33.4 Å². The van der Waals surface area contributed by atoms with E-state index >= 15 is 0 Å². The van der Waals surface area contributed by atoms with Gasteiger partial charge in [0.1, 0.15) is 12.3 Å². The predicted octanol–water partition coefficient (Wildman–Crippen LogP) is -1.53. The van der Waals surface area contributed by atoms with Gasteiger partial charge in [-0.3, -0.25) is 9.69 Å². The lowest BCUT2D eigenvalue weighted by molar-refractivity contribution is -0.127. The number of primary amides is 1. The molecule has 0 radical (unpaired) electrons. The summed E-state index contributed by atoms with van der Waals surface area (Å²) in [6, 6.07) is -0.769. The summed E-state index contributed by atoms with van der Waals surface area (Å²) in [5.41, 5.74) is 4.63. The number of amides is 1. The molecule has 1 heterocycles. The number of rotatable bonds is 6. The van der Waals surface area contributed by atoms with Crippen molar-refractivity contribution < 1.29 is 14.7 Å². The molecule has 1 fully saturated rings. The highest BCUT2D eigenvalue weighted by Gasteiger charge is 2.37. The standard InChI is InChI=1S/C11H21N3O3/c1-8(16)9(10(12)17)14(2)6-11(7-15)4-3-5-13-11/h7-9,13,16H,3-6H2,1-2H3,(H2,12,17). The molecule has 0 saturated carbocycles. The second-order valence-electron chi connectivity index (χ2n) is 4.81. The number of aliphatic hydroxyl groups is 1. The Morgan fingerprint density at radius 1 is 1.71 bits per heavy atom. The molecule has 0 aliphatic carbocycles. The van der Waals surface area contributed by atoms with Gasteiger partial charge >= 0.3 is 0 Å². The summed E-state index contributed by atoms with van der Waals surface area (Å²) in [6.45, 7) is 2.68. The number of hydrogen-bond acceptors (Lipinski definition) is 5. The fraction of sp³-hybridized carbons (Fsp3) is 0.818. The molecule has 4 N–H and O–H groups in total. The molecule has 3 unspecified atom stereocenters. The van der Waals surface area contributed by atoms with Crippen LogP contribution in [0.25, 0.3) is 0 Å². The molecule has 1 aliphatic heterocycles. The Morgan fingerprint density at radius 2 is 2.35 bits per heavy atom. The summed E-state index contributed by atoms with van der Waals surface area (Å²) in [7, 11) is 1.69. The number of nitrogens with two attached hydrogens (primary N) is 1. The van der Waals surface area contributed by atoms with Crippen LogP contribution in [-0.4, -0.2) is 60.0 Å². The Kier molecular flexibility index (Phi) is 4.62. The Hall–Kier alpha value is -0.980. The third kappa shape index (κ3) is 3.24. The molecular formula is C11H21N3O3. The van der Waals surface area contributed by atoms with Crippen molar-refractivity contribution in [2.45, 2.75) is 37.5 Å². The van der Waals surface area contributed by atoms with Crippen LogP contribution in [0.5, 0.6) is 0 Å². The minimum absolute atomic E-state index is 0.370. The molecule has 3 atom stereocenters. The predicted molar refractivity (Wildman–Crippen MR) is 63.3 cm³/mol. The van der Waals surface area contributed by atoms with Crippen LogP contribution >= 0.6 is 0 Å². The van der Waals surface area contributed by atoms with E-state index in [-0.39, 0.29) is 0 Å². The summed E-state index contributed by atoms with van der Waals surface area (Å²) in [6.07, 6.45) is 1.70. The summed E-state index contributed by atoms with van der Waals surface area (Å²) < 4.78 is 0. The van der Waals surface area contributed by atoms with Gasteiger partial charge in [0, 0.05) is 6.54 Å². The lowest BCUT2D eigenvalue weighted by Gasteiger charge is -2.34. The van der Waals surface area contributed by atoms with E-state index in [1.807, 2.05) is 0 Å². The first-order valence-corrected chi connectivity index (χ1v) is 5.81. The average molecular weight is 243 g/mol. The maximum Gasteiger partial charge on any atom is 0.237 e. The quantitative estimate of drug-likeness (QED) is 0.492. The largest absolute Gasteiger partial charge is 0.391 e. The van der Waals surface area contributed by atoms with Gasteiger partial charge in [0.05, 0.1) is 11.6 Å². The minimum atomic E-state index is -0.859. The normalized spacial score (nSPS) is 28.0. The van der Waals surface area contributed by atoms with Crippen LogP contribution in [-0.2, 0) is 9.59 Å². The molecule has 1 rings (SSSR count). The molecule has 17 heavy (non-hydrogen) atoms. The lowest BCUT2D eigenvalue weighted by atomic mass is 9.97. The SMILES string of the molecule is CC(O)C(C(N)=O)N(C)CC1(C=O)CCCN1. The van der Waals surface area contributed by atoms with E-state index in [1.165, 1.54) is 6.92 Å². The number of nitrogens with zero attached hydrogens (tertiary/aromatic N) is 1. The fourth-order valence-corrected chi connectivity index (χ4v) is 2.47. The van der Waals surface area contributed by atoms with E-state index in [1.54, 1.807) is 11.9 Å². The number of carbonyl (C=O) groups is 2. The van der Waals surface area contributed by atoms with Gasteiger partial charge in [-0.25, -0.2) is 0 Å². The topological polar surface area (TPSA) is 95.7 Å². The zero-order valence-electron chi connectivity index (χ0n) is 10.3. The molecule has 98 valence electrons. The van der Waals surface area contributed by atoms with E-state index in [4.69, 9.17) is 5.73 Å².